The molecule has 0 spiro atoms. The molecule has 3 heteroatoms. The van der Waals surface area contributed by atoms with Crippen molar-refractivity contribution < 1.29 is 4.79 Å². The molecule has 1 rings (SSSR count). The van der Waals surface area contributed by atoms with E-state index in [-0.39, 0.29) is 5.91 Å². The average molecular weight is 212 g/mol. The van der Waals surface area contributed by atoms with Crippen LogP contribution in [0.25, 0.3) is 0 Å². The van der Waals surface area contributed by atoms with E-state index in [1.807, 2.05) is 4.90 Å². The Morgan fingerprint density at radius 1 is 1.47 bits per heavy atom. The van der Waals surface area contributed by atoms with Gasteiger partial charge in [-0.25, -0.2) is 0 Å². The van der Waals surface area contributed by atoms with Gasteiger partial charge >= 0.3 is 0 Å². The molecule has 88 valence electrons. The monoisotopic (exact) mass is 212 g/mol. The molecule has 0 unspecified atom stereocenters. The lowest BCUT2D eigenvalue weighted by Crippen LogP contribution is -2.43. The molecule has 1 amide bonds. The van der Waals surface area contributed by atoms with E-state index >= 15 is 0 Å². The Bertz CT molecular complexity index is 200. The molecule has 0 aromatic rings. The molecule has 1 N–H and O–H groups in total. The van der Waals surface area contributed by atoms with Crippen LogP contribution in [-0.4, -0.2) is 36.5 Å². The lowest BCUT2D eigenvalue weighted by atomic mass is 9.85. The molecule has 1 aliphatic rings. The summed E-state index contributed by atoms with van der Waals surface area (Å²) in [6, 6.07) is 0.386. The molecule has 1 saturated carbocycles. The van der Waals surface area contributed by atoms with E-state index in [0.717, 1.165) is 19.0 Å². The van der Waals surface area contributed by atoms with Crippen molar-refractivity contribution in [3.8, 4) is 0 Å². The fraction of sp³-hybridized carbons (Fsp3) is 0.917. The van der Waals surface area contributed by atoms with Crippen LogP contribution in [0.3, 0.4) is 0 Å². The van der Waals surface area contributed by atoms with Gasteiger partial charge in [-0.15, -0.1) is 0 Å². The molecule has 0 saturated heterocycles. The normalized spacial score (nSPS) is 16.5. The van der Waals surface area contributed by atoms with Gasteiger partial charge in [-0.05, 0) is 25.7 Å². The standard InChI is InChI=1S/C12H24N2O/c1-4-14(9-11-6-5-7-11)12(15)8-13-10(2)3/h10-11,13H,4-9H2,1-3H3. The van der Waals surface area contributed by atoms with Crippen molar-refractivity contribution in [2.75, 3.05) is 19.6 Å². The van der Waals surface area contributed by atoms with Crippen molar-refractivity contribution >= 4 is 5.91 Å². The molecule has 0 aliphatic heterocycles. The molecular formula is C12H24N2O. The molecule has 3 nitrogen and oxygen atoms in total. The second-order valence-corrected chi connectivity index (χ2v) is 4.76. The van der Waals surface area contributed by atoms with Crippen LogP contribution in [0.2, 0.25) is 0 Å². The number of amides is 1. The Morgan fingerprint density at radius 2 is 2.13 bits per heavy atom. The predicted molar refractivity (Wildman–Crippen MR) is 62.7 cm³/mol. The molecule has 0 atom stereocenters. The number of nitrogens with zero attached hydrogens (tertiary/aromatic N) is 1. The van der Waals surface area contributed by atoms with Crippen molar-refractivity contribution in [1.82, 2.24) is 10.2 Å². The lowest BCUT2D eigenvalue weighted by molar-refractivity contribution is -0.131. The number of hydrogen-bond acceptors (Lipinski definition) is 2. The van der Waals surface area contributed by atoms with Gasteiger partial charge in [0.2, 0.25) is 5.91 Å². The van der Waals surface area contributed by atoms with E-state index in [2.05, 4.69) is 26.1 Å². The van der Waals surface area contributed by atoms with Crippen molar-refractivity contribution in [1.29, 1.82) is 0 Å². The molecule has 1 fully saturated rings. The number of likely N-dealkylation sites (N-methyl/N-ethyl adjacent to an activating group) is 1. The number of carbonyl (C=O) groups is 1. The van der Waals surface area contributed by atoms with Gasteiger partial charge in [0.25, 0.3) is 0 Å². The van der Waals surface area contributed by atoms with Gasteiger partial charge in [0.15, 0.2) is 0 Å². The third-order valence-corrected chi connectivity index (χ3v) is 3.10. The largest absolute Gasteiger partial charge is 0.342 e. The van der Waals surface area contributed by atoms with Crippen LogP contribution >= 0.6 is 0 Å². The Hall–Kier alpha value is -0.570. The van der Waals surface area contributed by atoms with E-state index in [1.165, 1.54) is 19.3 Å². The third-order valence-electron chi connectivity index (χ3n) is 3.10. The van der Waals surface area contributed by atoms with E-state index in [9.17, 15) is 4.79 Å². The fourth-order valence-corrected chi connectivity index (χ4v) is 1.80. The van der Waals surface area contributed by atoms with Crippen molar-refractivity contribution in [3.05, 3.63) is 0 Å². The maximum absolute atomic E-state index is 11.8. The summed E-state index contributed by atoms with van der Waals surface area (Å²) < 4.78 is 0. The second kappa shape index (κ2) is 6.11. The van der Waals surface area contributed by atoms with E-state index in [4.69, 9.17) is 0 Å². The van der Waals surface area contributed by atoms with Crippen LogP contribution in [0.5, 0.6) is 0 Å². The molecule has 0 bridgehead atoms. The van der Waals surface area contributed by atoms with Gasteiger partial charge in [-0.1, -0.05) is 20.3 Å². The smallest absolute Gasteiger partial charge is 0.236 e. The van der Waals surface area contributed by atoms with Crippen LogP contribution < -0.4 is 5.32 Å². The molecule has 0 aromatic heterocycles. The van der Waals surface area contributed by atoms with Gasteiger partial charge in [0.05, 0.1) is 6.54 Å². The lowest BCUT2D eigenvalue weighted by Gasteiger charge is -2.32. The van der Waals surface area contributed by atoms with Crippen LogP contribution in [0.4, 0.5) is 0 Å². The van der Waals surface area contributed by atoms with Crippen LogP contribution in [0.15, 0.2) is 0 Å². The Morgan fingerprint density at radius 3 is 2.53 bits per heavy atom. The number of hydrogen-bond donors (Lipinski definition) is 1. The predicted octanol–water partition coefficient (Wildman–Crippen LogP) is 1.63. The molecule has 0 aromatic carbocycles. The van der Waals surface area contributed by atoms with Gasteiger partial charge in [-0.2, -0.15) is 0 Å². The SMILES string of the molecule is CCN(CC1CCC1)C(=O)CNC(C)C. The highest BCUT2D eigenvalue weighted by molar-refractivity contribution is 5.78. The van der Waals surface area contributed by atoms with Gasteiger partial charge in [-0.3, -0.25) is 4.79 Å². The summed E-state index contributed by atoms with van der Waals surface area (Å²) in [6.45, 7) is 8.49. The highest BCUT2D eigenvalue weighted by atomic mass is 16.2. The fourth-order valence-electron chi connectivity index (χ4n) is 1.80. The first-order valence-corrected chi connectivity index (χ1v) is 6.14. The first kappa shape index (κ1) is 12.5. The molecule has 1 aliphatic carbocycles. The molecule has 0 heterocycles. The number of nitrogens with one attached hydrogen (secondary N) is 1. The summed E-state index contributed by atoms with van der Waals surface area (Å²) in [4.78, 5) is 13.8. The van der Waals surface area contributed by atoms with Crippen LogP contribution in [0, 0.1) is 5.92 Å². The maximum atomic E-state index is 11.8. The summed E-state index contributed by atoms with van der Waals surface area (Å²) in [5.41, 5.74) is 0. The zero-order chi connectivity index (χ0) is 11.3. The Balaban J connectivity index is 2.25. The third kappa shape index (κ3) is 4.20. The minimum Gasteiger partial charge on any atom is -0.342 e. The summed E-state index contributed by atoms with van der Waals surface area (Å²) >= 11 is 0. The number of rotatable bonds is 6. The minimum absolute atomic E-state index is 0.248. The quantitative estimate of drug-likeness (QED) is 0.726. The molecular weight excluding hydrogens is 188 g/mol. The first-order chi connectivity index (χ1) is 7.13. The number of carbonyl (C=O) groups excluding carboxylic acids is 1. The maximum Gasteiger partial charge on any atom is 0.236 e. The van der Waals surface area contributed by atoms with Crippen molar-refractivity contribution in [3.63, 3.8) is 0 Å². The summed E-state index contributed by atoms with van der Waals surface area (Å²) in [6.07, 6.45) is 3.96. The van der Waals surface area contributed by atoms with Crippen LogP contribution in [-0.2, 0) is 4.79 Å². The molecule has 0 radical (unpaired) electrons. The van der Waals surface area contributed by atoms with Crippen molar-refractivity contribution in [2.24, 2.45) is 5.92 Å². The van der Waals surface area contributed by atoms with Crippen molar-refractivity contribution in [2.45, 2.75) is 46.1 Å². The summed E-state index contributed by atoms with van der Waals surface area (Å²) in [5, 5.41) is 3.18. The van der Waals surface area contributed by atoms with E-state index < -0.39 is 0 Å². The minimum atomic E-state index is 0.248. The highest BCUT2D eigenvalue weighted by Gasteiger charge is 2.22. The van der Waals surface area contributed by atoms with Gasteiger partial charge in [0, 0.05) is 19.1 Å². The Labute approximate surface area is 93.2 Å². The zero-order valence-corrected chi connectivity index (χ0v) is 10.3. The molecule has 15 heavy (non-hydrogen) atoms. The second-order valence-electron chi connectivity index (χ2n) is 4.76. The summed E-state index contributed by atoms with van der Waals surface area (Å²) in [7, 11) is 0. The van der Waals surface area contributed by atoms with E-state index in [1.54, 1.807) is 0 Å². The summed E-state index contributed by atoms with van der Waals surface area (Å²) in [5.74, 6) is 1.02. The first-order valence-electron chi connectivity index (χ1n) is 6.14. The van der Waals surface area contributed by atoms with E-state index in [0.29, 0.717) is 12.6 Å². The van der Waals surface area contributed by atoms with Gasteiger partial charge < -0.3 is 10.2 Å². The van der Waals surface area contributed by atoms with Crippen LogP contribution in [0.1, 0.15) is 40.0 Å². The van der Waals surface area contributed by atoms with Gasteiger partial charge in [0.1, 0.15) is 0 Å². The topological polar surface area (TPSA) is 32.3 Å². The highest BCUT2D eigenvalue weighted by Crippen LogP contribution is 2.26. The Kier molecular flexibility index (Phi) is 5.09. The zero-order valence-electron chi connectivity index (χ0n) is 10.3. The average Bonchev–Trinajstić information content (AvgIpc) is 2.13.